The summed E-state index contributed by atoms with van der Waals surface area (Å²) in [7, 11) is 3.50. The molecule has 0 aromatic heterocycles. The summed E-state index contributed by atoms with van der Waals surface area (Å²) in [5.74, 6) is 0. The van der Waals surface area contributed by atoms with E-state index in [1.807, 2.05) is 6.92 Å². The van der Waals surface area contributed by atoms with Crippen molar-refractivity contribution < 1.29 is 0 Å². The summed E-state index contributed by atoms with van der Waals surface area (Å²) in [4.78, 5) is 0. The van der Waals surface area contributed by atoms with Crippen molar-refractivity contribution in [3.63, 3.8) is 0 Å². The zero-order valence-electron chi connectivity index (χ0n) is 5.57. The molecule has 0 aromatic carbocycles. The Kier molecular flexibility index (Phi) is 66.3. The van der Waals surface area contributed by atoms with E-state index in [9.17, 15) is 0 Å². The maximum Gasteiger partial charge on any atom is 2.00 e. The Bertz CT molecular complexity index is 10.0. The van der Waals surface area contributed by atoms with Gasteiger partial charge in [-0.25, -0.2) is 0 Å². The van der Waals surface area contributed by atoms with Gasteiger partial charge in [0.2, 0.25) is 0 Å². The van der Waals surface area contributed by atoms with E-state index in [4.69, 9.17) is 0 Å². The van der Waals surface area contributed by atoms with Gasteiger partial charge in [-0.05, 0) is 0 Å². The molecule has 0 N–H and O–H groups in total. The van der Waals surface area contributed by atoms with Crippen LogP contribution in [0, 0.1) is 6.92 Å². The summed E-state index contributed by atoms with van der Waals surface area (Å²) in [5.41, 5.74) is 0. The van der Waals surface area contributed by atoms with Crippen LogP contribution in [0.3, 0.4) is 0 Å². The molecule has 1 nitrogen and oxygen atoms in total. The first-order chi connectivity index (χ1) is 2.83. The summed E-state index contributed by atoms with van der Waals surface area (Å²) >= 11 is 0. The predicted octanol–water partition coefficient (Wildman–Crippen LogP) is 1.47. The molecule has 0 saturated heterocycles. The van der Waals surface area contributed by atoms with Crippen LogP contribution in [0.25, 0.3) is 5.32 Å². The standard InChI is InChI=1S/C3H7.C2H6N.Mg/c2*1-3-2;/h1,3H2,2H3;1-2H3;/q2*-1;+2. The monoisotopic (exact) mass is 111 g/mol. The molecule has 0 rings (SSSR count). The molecule has 0 radical (unpaired) electrons. The van der Waals surface area contributed by atoms with Gasteiger partial charge in [-0.3, -0.25) is 0 Å². The smallest absolute Gasteiger partial charge is 0.668 e. The Morgan fingerprint density at radius 2 is 1.43 bits per heavy atom. The van der Waals surface area contributed by atoms with Crippen molar-refractivity contribution in [2.24, 2.45) is 0 Å². The minimum atomic E-state index is 0. The van der Waals surface area contributed by atoms with Crippen molar-refractivity contribution in [1.29, 1.82) is 0 Å². The normalized spacial score (nSPS) is 5.14. The summed E-state index contributed by atoms with van der Waals surface area (Å²) in [5, 5.41) is 3.50. The van der Waals surface area contributed by atoms with E-state index in [0.29, 0.717) is 0 Å². The van der Waals surface area contributed by atoms with Gasteiger partial charge in [-0.15, -0.1) is 0 Å². The molecule has 0 bridgehead atoms. The Morgan fingerprint density at radius 1 is 1.43 bits per heavy atom. The number of hydrogen-bond acceptors (Lipinski definition) is 0. The minimum Gasteiger partial charge on any atom is -0.668 e. The average Bonchev–Trinajstić information content (AvgIpc) is 1.39. The second-order valence-corrected chi connectivity index (χ2v) is 0.947. The van der Waals surface area contributed by atoms with Crippen LogP contribution >= 0.6 is 0 Å². The summed E-state index contributed by atoms with van der Waals surface area (Å²) in [6.07, 6.45) is 1.00. The first-order valence-corrected chi connectivity index (χ1v) is 2.10. The van der Waals surface area contributed by atoms with Crippen LogP contribution in [0.4, 0.5) is 0 Å². The Balaban J connectivity index is -0.0000000400. The van der Waals surface area contributed by atoms with Gasteiger partial charge >= 0.3 is 23.1 Å². The fourth-order valence-corrected chi connectivity index (χ4v) is 0. The molecule has 0 amide bonds. The fraction of sp³-hybridized carbons (Fsp3) is 0.800. The molecule has 40 valence electrons. The third kappa shape index (κ3) is 285. The Morgan fingerprint density at radius 3 is 1.43 bits per heavy atom. The van der Waals surface area contributed by atoms with E-state index in [1.54, 1.807) is 14.1 Å². The topological polar surface area (TPSA) is 14.1 Å². The predicted molar refractivity (Wildman–Crippen MR) is 36.6 cm³/mol. The maximum atomic E-state index is 3.50. The second kappa shape index (κ2) is 29.7. The molecule has 0 heterocycles. The van der Waals surface area contributed by atoms with Gasteiger partial charge in [0.1, 0.15) is 0 Å². The van der Waals surface area contributed by atoms with Crippen molar-refractivity contribution in [3.05, 3.63) is 12.2 Å². The molecule has 0 aliphatic carbocycles. The zero-order chi connectivity index (χ0) is 5.41. The third-order valence-corrected chi connectivity index (χ3v) is 0. The largest absolute Gasteiger partial charge is 2.00 e. The average molecular weight is 111 g/mol. The van der Waals surface area contributed by atoms with E-state index in [2.05, 4.69) is 12.2 Å². The van der Waals surface area contributed by atoms with Gasteiger partial charge in [0.25, 0.3) is 0 Å². The van der Waals surface area contributed by atoms with Crippen molar-refractivity contribution in [2.75, 3.05) is 14.1 Å². The van der Waals surface area contributed by atoms with E-state index in [0.717, 1.165) is 6.42 Å². The van der Waals surface area contributed by atoms with Crippen LogP contribution in [0.2, 0.25) is 0 Å². The van der Waals surface area contributed by atoms with E-state index in [-0.39, 0.29) is 23.1 Å². The van der Waals surface area contributed by atoms with Crippen LogP contribution in [0.15, 0.2) is 0 Å². The number of rotatable bonds is 0. The fourth-order valence-electron chi connectivity index (χ4n) is 0. The maximum absolute atomic E-state index is 3.50. The van der Waals surface area contributed by atoms with Crippen LogP contribution in [-0.4, -0.2) is 37.1 Å². The molecule has 0 saturated carbocycles. The van der Waals surface area contributed by atoms with Gasteiger partial charge in [0.15, 0.2) is 0 Å². The minimum absolute atomic E-state index is 0. The Hall–Kier alpha value is 0.726. The van der Waals surface area contributed by atoms with E-state index in [1.165, 1.54) is 0 Å². The second-order valence-electron chi connectivity index (χ2n) is 0.947. The summed E-state index contributed by atoms with van der Waals surface area (Å²) < 4.78 is 0. The van der Waals surface area contributed by atoms with Crippen molar-refractivity contribution in [3.8, 4) is 0 Å². The van der Waals surface area contributed by atoms with Crippen molar-refractivity contribution >= 4 is 23.1 Å². The molecule has 0 spiro atoms. The van der Waals surface area contributed by atoms with E-state index < -0.39 is 0 Å². The molecule has 0 aliphatic rings. The summed E-state index contributed by atoms with van der Waals surface area (Å²) in [6.45, 7) is 5.50. The quantitative estimate of drug-likeness (QED) is 0.332. The first kappa shape index (κ1) is 15.6. The number of nitrogens with zero attached hydrogens (tertiary/aromatic N) is 1. The van der Waals surface area contributed by atoms with Gasteiger partial charge in [-0.1, -0.05) is 6.92 Å². The van der Waals surface area contributed by atoms with Gasteiger partial charge in [-0.2, -0.15) is 20.5 Å². The molecule has 0 atom stereocenters. The molecule has 0 aliphatic heterocycles. The van der Waals surface area contributed by atoms with Crippen LogP contribution in [0.5, 0.6) is 0 Å². The van der Waals surface area contributed by atoms with Gasteiger partial charge < -0.3 is 12.2 Å². The van der Waals surface area contributed by atoms with E-state index >= 15 is 0 Å². The molecule has 0 fully saturated rings. The Labute approximate surface area is 63.0 Å². The van der Waals surface area contributed by atoms with Crippen LogP contribution in [-0.2, 0) is 0 Å². The van der Waals surface area contributed by atoms with Gasteiger partial charge in [0.05, 0.1) is 0 Å². The number of hydrogen-bond donors (Lipinski definition) is 0. The van der Waals surface area contributed by atoms with Crippen molar-refractivity contribution in [2.45, 2.75) is 13.3 Å². The van der Waals surface area contributed by atoms with Crippen LogP contribution in [0.1, 0.15) is 13.3 Å². The molecular formula is C5H13MgN. The van der Waals surface area contributed by atoms with Crippen molar-refractivity contribution in [1.82, 2.24) is 0 Å². The zero-order valence-corrected chi connectivity index (χ0v) is 6.98. The molecule has 0 aromatic rings. The first-order valence-electron chi connectivity index (χ1n) is 2.10. The van der Waals surface area contributed by atoms with Gasteiger partial charge in [0, 0.05) is 0 Å². The molecule has 0 unspecified atom stereocenters. The van der Waals surface area contributed by atoms with Crippen LogP contribution < -0.4 is 0 Å². The third-order valence-electron chi connectivity index (χ3n) is 0. The molecule has 2 heteroatoms. The molecule has 7 heavy (non-hydrogen) atoms. The molecular weight excluding hydrogens is 98.4 g/mol. The SMILES string of the molecule is C[N-]C.[CH2-]CC.[Mg+2]. The summed E-state index contributed by atoms with van der Waals surface area (Å²) in [6, 6.07) is 0.